The van der Waals surface area contributed by atoms with E-state index in [4.69, 9.17) is 4.74 Å². The van der Waals surface area contributed by atoms with Crippen molar-refractivity contribution in [2.45, 2.75) is 25.3 Å². The molecule has 0 spiro atoms. The fourth-order valence-electron chi connectivity index (χ4n) is 2.50. The highest BCUT2D eigenvalue weighted by Crippen LogP contribution is 2.28. The predicted molar refractivity (Wildman–Crippen MR) is 95.8 cm³/mol. The molecule has 1 heterocycles. The fourth-order valence-corrected chi connectivity index (χ4v) is 4.81. The van der Waals surface area contributed by atoms with Crippen LogP contribution in [0.25, 0.3) is 10.2 Å². The van der Waals surface area contributed by atoms with E-state index in [-0.39, 0.29) is 4.90 Å². The summed E-state index contributed by atoms with van der Waals surface area (Å²) in [6.07, 6.45) is 0. The van der Waals surface area contributed by atoms with Crippen LogP contribution in [0, 0.1) is 5.82 Å². The molecule has 0 aliphatic heterocycles. The largest absolute Gasteiger partial charge is 0.492 e. The number of rotatable bonds is 5. The van der Waals surface area contributed by atoms with Gasteiger partial charge in [0.1, 0.15) is 17.1 Å². The summed E-state index contributed by atoms with van der Waals surface area (Å²) < 4.78 is 50.5. The van der Waals surface area contributed by atoms with Crippen molar-refractivity contribution in [2.24, 2.45) is 4.40 Å². The van der Waals surface area contributed by atoms with E-state index in [0.29, 0.717) is 23.7 Å². The smallest absolute Gasteiger partial charge is 0.285 e. The van der Waals surface area contributed by atoms with Crippen molar-refractivity contribution >= 4 is 31.6 Å². The number of hydrogen-bond donors (Lipinski definition) is 0. The van der Waals surface area contributed by atoms with Crippen molar-refractivity contribution in [2.75, 3.05) is 6.61 Å². The molecule has 0 saturated carbocycles. The van der Waals surface area contributed by atoms with Gasteiger partial charge in [-0.3, -0.25) is 0 Å². The third-order valence-corrected chi connectivity index (χ3v) is 6.03. The standard InChI is InChI=1S/C17H17FN2O3S2/c1-3-20-16-14(23-4-2)6-5-7-15(16)24-17(20)19-25(21,22)13-10-8-12(18)9-11-13/h5-11H,3-4H2,1-2H3. The number of hydrogen-bond acceptors (Lipinski definition) is 4. The molecule has 3 rings (SSSR count). The fraction of sp³-hybridized carbons (Fsp3) is 0.235. The Kier molecular flexibility index (Phi) is 4.91. The van der Waals surface area contributed by atoms with Crippen LogP contribution in [0.4, 0.5) is 4.39 Å². The number of nitrogens with zero attached hydrogens (tertiary/aromatic N) is 2. The second kappa shape index (κ2) is 6.97. The van der Waals surface area contributed by atoms with Gasteiger partial charge in [0.15, 0.2) is 0 Å². The number of thiazole rings is 1. The number of benzene rings is 2. The first-order valence-corrected chi connectivity index (χ1v) is 10.0. The van der Waals surface area contributed by atoms with Gasteiger partial charge in [0, 0.05) is 6.54 Å². The molecule has 3 aromatic rings. The molecule has 0 atom stereocenters. The number of fused-ring (bicyclic) bond motifs is 1. The number of sulfonamides is 1. The maximum atomic E-state index is 13.0. The molecule has 0 aliphatic rings. The zero-order chi connectivity index (χ0) is 18.0. The molecule has 1 aromatic heterocycles. The van der Waals surface area contributed by atoms with E-state index in [1.807, 2.05) is 36.6 Å². The normalized spacial score (nSPS) is 12.7. The SMILES string of the molecule is CCOc1cccc2sc(=NS(=O)(=O)c3ccc(F)cc3)n(CC)c12. The van der Waals surface area contributed by atoms with E-state index >= 15 is 0 Å². The Morgan fingerprint density at radius 2 is 1.88 bits per heavy atom. The van der Waals surface area contributed by atoms with Gasteiger partial charge in [0.05, 0.1) is 16.2 Å². The van der Waals surface area contributed by atoms with Crippen molar-refractivity contribution < 1.29 is 17.5 Å². The highest BCUT2D eigenvalue weighted by atomic mass is 32.2. The molecule has 0 unspecified atom stereocenters. The van der Waals surface area contributed by atoms with Gasteiger partial charge in [-0.2, -0.15) is 8.42 Å². The molecule has 25 heavy (non-hydrogen) atoms. The Hall–Kier alpha value is -2.19. The summed E-state index contributed by atoms with van der Waals surface area (Å²) in [7, 11) is -3.93. The summed E-state index contributed by atoms with van der Waals surface area (Å²) in [6, 6.07) is 10.2. The first-order valence-electron chi connectivity index (χ1n) is 7.78. The Morgan fingerprint density at radius 3 is 2.52 bits per heavy atom. The summed E-state index contributed by atoms with van der Waals surface area (Å²) in [4.78, 5) is 0.313. The first-order chi connectivity index (χ1) is 12.0. The number of halogens is 1. The lowest BCUT2D eigenvalue weighted by Gasteiger charge is -2.07. The summed E-state index contributed by atoms with van der Waals surface area (Å²) in [5, 5.41) is 0. The predicted octanol–water partition coefficient (Wildman–Crippen LogP) is 3.55. The van der Waals surface area contributed by atoms with Crippen LogP contribution in [0.1, 0.15) is 13.8 Å². The van der Waals surface area contributed by atoms with Crippen molar-refractivity contribution in [3.05, 3.63) is 53.1 Å². The molecular weight excluding hydrogens is 363 g/mol. The molecule has 0 amide bonds. The van der Waals surface area contributed by atoms with Crippen LogP contribution in [0.3, 0.4) is 0 Å². The lowest BCUT2D eigenvalue weighted by molar-refractivity contribution is 0.342. The van der Waals surface area contributed by atoms with Crippen LogP contribution in [0.2, 0.25) is 0 Å². The van der Waals surface area contributed by atoms with Crippen LogP contribution in [-0.2, 0) is 16.6 Å². The van der Waals surface area contributed by atoms with Crippen LogP contribution >= 0.6 is 11.3 Å². The molecule has 0 aliphatic carbocycles. The van der Waals surface area contributed by atoms with Gasteiger partial charge in [-0.1, -0.05) is 17.4 Å². The average Bonchev–Trinajstić information content (AvgIpc) is 2.92. The van der Waals surface area contributed by atoms with Crippen molar-refractivity contribution in [1.29, 1.82) is 0 Å². The number of ether oxygens (including phenoxy) is 1. The molecule has 0 N–H and O–H groups in total. The number of aryl methyl sites for hydroxylation is 1. The van der Waals surface area contributed by atoms with Gasteiger partial charge in [-0.05, 0) is 50.2 Å². The second-order valence-corrected chi connectivity index (χ2v) is 7.80. The van der Waals surface area contributed by atoms with Crippen molar-refractivity contribution in [3.8, 4) is 5.75 Å². The third kappa shape index (κ3) is 3.45. The first kappa shape index (κ1) is 17.6. The van der Waals surface area contributed by atoms with Gasteiger partial charge >= 0.3 is 0 Å². The van der Waals surface area contributed by atoms with Crippen LogP contribution in [0.5, 0.6) is 5.75 Å². The van der Waals surface area contributed by atoms with Gasteiger partial charge < -0.3 is 9.30 Å². The van der Waals surface area contributed by atoms with Gasteiger partial charge in [-0.25, -0.2) is 4.39 Å². The molecular formula is C17H17FN2O3S2. The second-order valence-electron chi connectivity index (χ2n) is 5.19. The minimum atomic E-state index is -3.93. The lowest BCUT2D eigenvalue weighted by Crippen LogP contribution is -2.16. The van der Waals surface area contributed by atoms with Crippen LogP contribution in [0.15, 0.2) is 51.8 Å². The number of para-hydroxylation sites is 1. The molecule has 132 valence electrons. The minimum absolute atomic E-state index is 0.0426. The maximum absolute atomic E-state index is 13.0. The molecule has 8 heteroatoms. The monoisotopic (exact) mass is 380 g/mol. The lowest BCUT2D eigenvalue weighted by atomic mass is 10.3. The Morgan fingerprint density at radius 1 is 1.16 bits per heavy atom. The molecule has 2 aromatic carbocycles. The Bertz CT molecular complexity index is 1070. The third-order valence-electron chi connectivity index (χ3n) is 3.59. The van der Waals surface area contributed by atoms with Crippen LogP contribution in [-0.4, -0.2) is 19.6 Å². The van der Waals surface area contributed by atoms with E-state index in [2.05, 4.69) is 4.40 Å². The van der Waals surface area contributed by atoms with Crippen molar-refractivity contribution in [1.82, 2.24) is 4.57 Å². The van der Waals surface area contributed by atoms with E-state index in [9.17, 15) is 12.8 Å². The zero-order valence-corrected chi connectivity index (χ0v) is 15.4. The zero-order valence-electron chi connectivity index (χ0n) is 13.8. The summed E-state index contributed by atoms with van der Waals surface area (Å²) in [5.41, 5.74) is 0.824. The van der Waals surface area contributed by atoms with E-state index in [1.165, 1.54) is 23.5 Å². The van der Waals surface area contributed by atoms with Gasteiger partial charge in [-0.15, -0.1) is 4.40 Å². The van der Waals surface area contributed by atoms with Crippen molar-refractivity contribution in [3.63, 3.8) is 0 Å². The molecule has 0 radical (unpaired) electrons. The Balaban J connectivity index is 2.22. The average molecular weight is 380 g/mol. The topological polar surface area (TPSA) is 60.7 Å². The summed E-state index contributed by atoms with van der Waals surface area (Å²) >= 11 is 1.28. The van der Waals surface area contributed by atoms with Gasteiger partial charge in [0.25, 0.3) is 10.0 Å². The molecule has 0 bridgehead atoms. The summed E-state index contributed by atoms with van der Waals surface area (Å²) in [5.74, 6) is 0.199. The quantitative estimate of drug-likeness (QED) is 0.680. The van der Waals surface area contributed by atoms with E-state index < -0.39 is 15.8 Å². The minimum Gasteiger partial charge on any atom is -0.492 e. The molecule has 5 nitrogen and oxygen atoms in total. The maximum Gasteiger partial charge on any atom is 0.285 e. The van der Waals surface area contributed by atoms with E-state index in [1.54, 1.807) is 0 Å². The highest BCUT2D eigenvalue weighted by molar-refractivity contribution is 7.90. The number of aromatic nitrogens is 1. The molecule has 0 fully saturated rings. The van der Waals surface area contributed by atoms with E-state index in [0.717, 1.165) is 22.3 Å². The highest BCUT2D eigenvalue weighted by Gasteiger charge is 2.16. The molecule has 0 saturated heterocycles. The summed E-state index contributed by atoms with van der Waals surface area (Å²) in [6.45, 7) is 4.87. The van der Waals surface area contributed by atoms with Gasteiger partial charge in [0.2, 0.25) is 4.80 Å². The van der Waals surface area contributed by atoms with Crippen LogP contribution < -0.4 is 9.54 Å². The Labute approximate surface area is 149 Å².